The number of hydrogen-bond acceptors (Lipinski definition) is 2. The van der Waals surface area contributed by atoms with Gasteiger partial charge in [0.1, 0.15) is 0 Å². The SMILES string of the molecule is C=C(C)[C@H]1CCO[C@@H](c2ccccc2)O1. The molecule has 1 aliphatic rings. The molecule has 1 aromatic rings. The van der Waals surface area contributed by atoms with Crippen molar-refractivity contribution in [3.05, 3.63) is 48.0 Å². The molecule has 1 saturated heterocycles. The summed E-state index contributed by atoms with van der Waals surface area (Å²) in [6, 6.07) is 10.0. The highest BCUT2D eigenvalue weighted by atomic mass is 16.7. The second-order valence-electron chi connectivity index (χ2n) is 3.87. The third-order valence-electron chi connectivity index (χ3n) is 2.56. The zero-order valence-corrected chi connectivity index (χ0v) is 8.98. The third-order valence-corrected chi connectivity index (χ3v) is 2.56. The van der Waals surface area contributed by atoms with Crippen molar-refractivity contribution in [3.8, 4) is 0 Å². The monoisotopic (exact) mass is 204 g/mol. The average molecular weight is 204 g/mol. The molecule has 1 heterocycles. The molecule has 0 N–H and O–H groups in total. The molecule has 2 atom stereocenters. The molecule has 0 aromatic heterocycles. The summed E-state index contributed by atoms with van der Waals surface area (Å²) in [5.41, 5.74) is 2.14. The van der Waals surface area contributed by atoms with E-state index in [1.54, 1.807) is 0 Å². The van der Waals surface area contributed by atoms with Crippen LogP contribution in [0.1, 0.15) is 25.2 Å². The minimum atomic E-state index is -0.235. The van der Waals surface area contributed by atoms with Crippen LogP contribution in [0, 0.1) is 0 Å². The molecule has 1 aliphatic heterocycles. The molecular weight excluding hydrogens is 188 g/mol. The van der Waals surface area contributed by atoms with Crippen LogP contribution in [0.5, 0.6) is 0 Å². The number of benzene rings is 1. The van der Waals surface area contributed by atoms with Gasteiger partial charge in [0.15, 0.2) is 6.29 Å². The second-order valence-corrected chi connectivity index (χ2v) is 3.87. The predicted molar refractivity (Wildman–Crippen MR) is 59.4 cm³/mol. The van der Waals surface area contributed by atoms with Crippen LogP contribution in [-0.2, 0) is 9.47 Å². The van der Waals surface area contributed by atoms with Crippen molar-refractivity contribution in [3.63, 3.8) is 0 Å². The van der Waals surface area contributed by atoms with E-state index in [1.807, 2.05) is 37.3 Å². The minimum Gasteiger partial charge on any atom is -0.348 e. The lowest BCUT2D eigenvalue weighted by molar-refractivity contribution is -0.207. The van der Waals surface area contributed by atoms with Crippen molar-refractivity contribution in [2.45, 2.75) is 25.7 Å². The normalized spacial score (nSPS) is 26.2. The smallest absolute Gasteiger partial charge is 0.184 e. The lowest BCUT2D eigenvalue weighted by Gasteiger charge is -2.30. The Morgan fingerprint density at radius 2 is 2.07 bits per heavy atom. The summed E-state index contributed by atoms with van der Waals surface area (Å²) in [5.74, 6) is 0. The van der Waals surface area contributed by atoms with Gasteiger partial charge in [-0.15, -0.1) is 0 Å². The fourth-order valence-corrected chi connectivity index (χ4v) is 1.69. The molecule has 2 nitrogen and oxygen atoms in total. The van der Waals surface area contributed by atoms with Crippen LogP contribution in [0.4, 0.5) is 0 Å². The number of hydrogen-bond donors (Lipinski definition) is 0. The van der Waals surface area contributed by atoms with E-state index in [9.17, 15) is 0 Å². The summed E-state index contributed by atoms with van der Waals surface area (Å²) in [5, 5.41) is 0. The van der Waals surface area contributed by atoms with E-state index in [0.717, 1.165) is 24.2 Å². The van der Waals surface area contributed by atoms with E-state index >= 15 is 0 Å². The largest absolute Gasteiger partial charge is 0.348 e. The maximum Gasteiger partial charge on any atom is 0.184 e. The van der Waals surface area contributed by atoms with Gasteiger partial charge < -0.3 is 9.47 Å². The molecule has 80 valence electrons. The highest BCUT2D eigenvalue weighted by Gasteiger charge is 2.24. The van der Waals surface area contributed by atoms with Gasteiger partial charge in [-0.05, 0) is 6.92 Å². The van der Waals surface area contributed by atoms with Gasteiger partial charge in [0.25, 0.3) is 0 Å². The lowest BCUT2D eigenvalue weighted by atomic mass is 10.1. The van der Waals surface area contributed by atoms with Gasteiger partial charge in [-0.2, -0.15) is 0 Å². The highest BCUT2D eigenvalue weighted by molar-refractivity contribution is 5.16. The highest BCUT2D eigenvalue weighted by Crippen LogP contribution is 2.28. The molecule has 0 bridgehead atoms. The molecule has 2 heteroatoms. The van der Waals surface area contributed by atoms with Crippen LogP contribution in [0.3, 0.4) is 0 Å². The van der Waals surface area contributed by atoms with Crippen molar-refractivity contribution < 1.29 is 9.47 Å². The summed E-state index contributed by atoms with van der Waals surface area (Å²) in [4.78, 5) is 0. The summed E-state index contributed by atoms with van der Waals surface area (Å²) in [6.45, 7) is 6.66. The Morgan fingerprint density at radius 1 is 1.33 bits per heavy atom. The van der Waals surface area contributed by atoms with Gasteiger partial charge in [0.05, 0.1) is 12.7 Å². The van der Waals surface area contributed by atoms with Gasteiger partial charge in [0, 0.05) is 12.0 Å². The third kappa shape index (κ3) is 2.46. The maximum atomic E-state index is 5.81. The fourth-order valence-electron chi connectivity index (χ4n) is 1.69. The molecule has 0 unspecified atom stereocenters. The first-order valence-corrected chi connectivity index (χ1v) is 5.25. The van der Waals surface area contributed by atoms with E-state index in [-0.39, 0.29) is 12.4 Å². The predicted octanol–water partition coefficient (Wildman–Crippen LogP) is 3.07. The van der Waals surface area contributed by atoms with Crippen LogP contribution in [0.15, 0.2) is 42.5 Å². The van der Waals surface area contributed by atoms with Gasteiger partial charge in [-0.3, -0.25) is 0 Å². The maximum absolute atomic E-state index is 5.81. The van der Waals surface area contributed by atoms with Crippen LogP contribution in [-0.4, -0.2) is 12.7 Å². The standard InChI is InChI=1S/C13H16O2/c1-10(2)12-8-9-14-13(15-12)11-6-4-3-5-7-11/h3-7,12-13H,1,8-9H2,2H3/t12-,13-/m1/s1. The van der Waals surface area contributed by atoms with Crippen molar-refractivity contribution in [1.29, 1.82) is 0 Å². The first-order valence-electron chi connectivity index (χ1n) is 5.25. The molecule has 1 aromatic carbocycles. The summed E-state index contributed by atoms with van der Waals surface area (Å²) in [6.07, 6.45) is 0.796. The van der Waals surface area contributed by atoms with Crippen LogP contribution >= 0.6 is 0 Å². The molecule has 0 aliphatic carbocycles. The first kappa shape index (κ1) is 10.4. The van der Waals surface area contributed by atoms with Crippen molar-refractivity contribution in [1.82, 2.24) is 0 Å². The molecule has 0 spiro atoms. The van der Waals surface area contributed by atoms with Gasteiger partial charge in [-0.1, -0.05) is 42.5 Å². The van der Waals surface area contributed by atoms with Crippen molar-refractivity contribution >= 4 is 0 Å². The van der Waals surface area contributed by atoms with Crippen LogP contribution < -0.4 is 0 Å². The van der Waals surface area contributed by atoms with Crippen molar-refractivity contribution in [2.24, 2.45) is 0 Å². The zero-order chi connectivity index (χ0) is 10.7. The molecule has 15 heavy (non-hydrogen) atoms. The Morgan fingerprint density at radius 3 is 2.73 bits per heavy atom. The Kier molecular flexibility index (Phi) is 3.19. The molecular formula is C13H16O2. The molecule has 2 rings (SSSR count). The lowest BCUT2D eigenvalue weighted by Crippen LogP contribution is -2.27. The molecule has 0 saturated carbocycles. The van der Waals surface area contributed by atoms with E-state index in [0.29, 0.717) is 0 Å². The van der Waals surface area contributed by atoms with E-state index < -0.39 is 0 Å². The van der Waals surface area contributed by atoms with E-state index in [4.69, 9.17) is 9.47 Å². The number of rotatable bonds is 2. The summed E-state index contributed by atoms with van der Waals surface area (Å²) in [7, 11) is 0. The second kappa shape index (κ2) is 4.60. The topological polar surface area (TPSA) is 18.5 Å². The van der Waals surface area contributed by atoms with Gasteiger partial charge in [0.2, 0.25) is 0 Å². The minimum absolute atomic E-state index is 0.129. The Balaban J connectivity index is 2.08. The average Bonchev–Trinajstić information content (AvgIpc) is 2.30. The van der Waals surface area contributed by atoms with Crippen molar-refractivity contribution in [2.75, 3.05) is 6.61 Å². The van der Waals surface area contributed by atoms with Crippen LogP contribution in [0.25, 0.3) is 0 Å². The summed E-state index contributed by atoms with van der Waals surface area (Å²) < 4.78 is 11.4. The van der Waals surface area contributed by atoms with Gasteiger partial charge >= 0.3 is 0 Å². The first-order chi connectivity index (χ1) is 7.27. The number of ether oxygens (including phenoxy) is 2. The Labute approximate surface area is 90.5 Å². The Hall–Kier alpha value is -1.12. The molecule has 0 radical (unpaired) electrons. The zero-order valence-electron chi connectivity index (χ0n) is 8.98. The van der Waals surface area contributed by atoms with Gasteiger partial charge in [-0.25, -0.2) is 0 Å². The van der Waals surface area contributed by atoms with E-state index in [2.05, 4.69) is 6.58 Å². The molecule has 0 amide bonds. The van der Waals surface area contributed by atoms with Crippen LogP contribution in [0.2, 0.25) is 0 Å². The Bertz CT molecular complexity index is 332. The fraction of sp³-hybridized carbons (Fsp3) is 0.385. The van der Waals surface area contributed by atoms with E-state index in [1.165, 1.54) is 0 Å². The molecule has 1 fully saturated rings. The quantitative estimate of drug-likeness (QED) is 0.689. The summed E-state index contributed by atoms with van der Waals surface area (Å²) >= 11 is 0.